The summed E-state index contributed by atoms with van der Waals surface area (Å²) in [6.07, 6.45) is 1.35. The molecule has 28 heavy (non-hydrogen) atoms. The van der Waals surface area contributed by atoms with Crippen LogP contribution >= 0.6 is 0 Å². The van der Waals surface area contributed by atoms with Crippen LogP contribution in [-0.2, 0) is 14.3 Å². The highest BCUT2D eigenvalue weighted by molar-refractivity contribution is 6.00. The lowest BCUT2D eigenvalue weighted by Gasteiger charge is -2.07. The Kier molecular flexibility index (Phi) is 7.28. The van der Waals surface area contributed by atoms with Crippen LogP contribution < -0.4 is 10.1 Å². The molecule has 0 saturated carbocycles. The van der Waals surface area contributed by atoms with Crippen LogP contribution in [0.5, 0.6) is 5.75 Å². The van der Waals surface area contributed by atoms with Crippen LogP contribution in [0.15, 0.2) is 48.0 Å². The molecule has 144 valence electrons. The Bertz CT molecular complexity index is 930. The van der Waals surface area contributed by atoms with Gasteiger partial charge in [0.05, 0.1) is 6.61 Å². The van der Waals surface area contributed by atoms with E-state index in [9.17, 15) is 14.0 Å². The predicted molar refractivity (Wildman–Crippen MR) is 102 cm³/mol. The van der Waals surface area contributed by atoms with Crippen LogP contribution in [0.4, 0.5) is 10.1 Å². The van der Waals surface area contributed by atoms with Crippen molar-refractivity contribution >= 4 is 23.6 Å². The number of nitrogens with zero attached hydrogens (tertiary/aromatic N) is 1. The molecule has 0 aliphatic rings. The summed E-state index contributed by atoms with van der Waals surface area (Å²) in [4.78, 5) is 23.9. The van der Waals surface area contributed by atoms with Crippen LogP contribution in [0, 0.1) is 24.1 Å². The number of ether oxygens (including phenoxy) is 2. The van der Waals surface area contributed by atoms with Gasteiger partial charge in [0.15, 0.2) is 6.61 Å². The molecule has 2 aromatic rings. The lowest BCUT2D eigenvalue weighted by Crippen LogP contribution is -2.21. The number of benzene rings is 2. The summed E-state index contributed by atoms with van der Waals surface area (Å²) in [5, 5.41) is 11.6. The lowest BCUT2D eigenvalue weighted by molar-refractivity contribution is -0.142. The Morgan fingerprint density at radius 1 is 1.21 bits per heavy atom. The van der Waals surface area contributed by atoms with E-state index < -0.39 is 24.3 Å². The fourth-order valence-corrected chi connectivity index (χ4v) is 2.21. The van der Waals surface area contributed by atoms with E-state index in [-0.39, 0.29) is 11.3 Å². The first kappa shape index (κ1) is 20.6. The topological polar surface area (TPSA) is 88.4 Å². The van der Waals surface area contributed by atoms with E-state index in [1.807, 2.05) is 6.92 Å². The number of carbonyl (C=O) groups excluding carboxylic acids is 2. The highest BCUT2D eigenvalue weighted by Gasteiger charge is 2.13. The number of esters is 1. The molecular weight excluding hydrogens is 363 g/mol. The Labute approximate surface area is 162 Å². The van der Waals surface area contributed by atoms with E-state index >= 15 is 0 Å². The molecule has 0 unspecified atom stereocenters. The maximum absolute atomic E-state index is 13.5. The van der Waals surface area contributed by atoms with E-state index in [0.717, 1.165) is 0 Å². The van der Waals surface area contributed by atoms with Gasteiger partial charge in [0, 0.05) is 5.69 Å². The van der Waals surface area contributed by atoms with E-state index in [4.69, 9.17) is 14.7 Å². The van der Waals surface area contributed by atoms with Crippen molar-refractivity contribution in [2.45, 2.75) is 13.8 Å². The van der Waals surface area contributed by atoms with Crippen molar-refractivity contribution in [3.63, 3.8) is 0 Å². The Hall–Kier alpha value is -3.66. The normalized spacial score (nSPS) is 10.7. The number of anilines is 1. The van der Waals surface area contributed by atoms with Crippen molar-refractivity contribution in [3.8, 4) is 11.8 Å². The number of hydrogen-bond acceptors (Lipinski definition) is 5. The van der Waals surface area contributed by atoms with Crippen LogP contribution in [-0.4, -0.2) is 25.1 Å². The second-order valence-corrected chi connectivity index (χ2v) is 5.76. The molecule has 1 amide bonds. The fourth-order valence-electron chi connectivity index (χ4n) is 2.21. The van der Waals surface area contributed by atoms with Crippen molar-refractivity contribution in [2.24, 2.45) is 0 Å². The monoisotopic (exact) mass is 382 g/mol. The zero-order valence-corrected chi connectivity index (χ0v) is 15.5. The number of nitriles is 1. The van der Waals surface area contributed by atoms with Gasteiger partial charge in [-0.1, -0.05) is 18.2 Å². The van der Waals surface area contributed by atoms with Crippen LogP contribution in [0.1, 0.15) is 18.1 Å². The highest BCUT2D eigenvalue weighted by Crippen LogP contribution is 2.15. The fraction of sp³-hybridized carbons (Fsp3) is 0.190. The molecule has 0 atom stereocenters. The molecule has 0 spiro atoms. The molecule has 7 heteroatoms. The summed E-state index contributed by atoms with van der Waals surface area (Å²) in [5.41, 5.74) is 1.05. The van der Waals surface area contributed by atoms with Crippen molar-refractivity contribution in [2.75, 3.05) is 18.5 Å². The van der Waals surface area contributed by atoms with Crippen molar-refractivity contribution in [1.29, 1.82) is 5.26 Å². The van der Waals surface area contributed by atoms with Gasteiger partial charge < -0.3 is 14.8 Å². The minimum absolute atomic E-state index is 0.245. The number of nitrogens with one attached hydrogen (secondary N) is 1. The van der Waals surface area contributed by atoms with Gasteiger partial charge >= 0.3 is 5.97 Å². The highest BCUT2D eigenvalue weighted by atomic mass is 19.1. The van der Waals surface area contributed by atoms with E-state index in [1.165, 1.54) is 24.3 Å². The number of carbonyl (C=O) groups is 2. The third kappa shape index (κ3) is 5.95. The standard InChI is InChI=1S/C21H19FN2O4/c1-3-27-18-8-5-15(6-9-18)10-16(12-23)21(26)28-13-20(25)24-17-7-4-14(2)19(22)11-17/h4-11H,3,13H2,1-2H3,(H,24,25)/b16-10+. The molecule has 0 aliphatic carbocycles. The smallest absolute Gasteiger partial charge is 0.349 e. The van der Waals surface area contributed by atoms with Gasteiger partial charge in [-0.15, -0.1) is 0 Å². The summed E-state index contributed by atoms with van der Waals surface area (Å²) in [6.45, 7) is 3.39. The molecular formula is C21H19FN2O4. The third-order valence-corrected chi connectivity index (χ3v) is 3.63. The number of halogens is 1. The van der Waals surface area contributed by atoms with Crippen LogP contribution in [0.25, 0.3) is 6.08 Å². The van der Waals surface area contributed by atoms with Crippen LogP contribution in [0.3, 0.4) is 0 Å². The van der Waals surface area contributed by atoms with Crippen molar-refractivity contribution in [3.05, 3.63) is 65.0 Å². The first-order valence-corrected chi connectivity index (χ1v) is 8.50. The van der Waals surface area contributed by atoms with Crippen molar-refractivity contribution < 1.29 is 23.5 Å². The van der Waals surface area contributed by atoms with Gasteiger partial charge in [0.2, 0.25) is 0 Å². The first-order valence-electron chi connectivity index (χ1n) is 8.50. The molecule has 0 aromatic heterocycles. The van der Waals surface area contributed by atoms with Gasteiger partial charge in [-0.3, -0.25) is 4.79 Å². The SMILES string of the molecule is CCOc1ccc(/C=C(\C#N)C(=O)OCC(=O)Nc2ccc(C)c(F)c2)cc1. The quantitative estimate of drug-likeness (QED) is 0.449. The van der Waals surface area contributed by atoms with Crippen LogP contribution in [0.2, 0.25) is 0 Å². The van der Waals surface area contributed by atoms with Gasteiger partial charge in [-0.05, 0) is 55.3 Å². The number of hydrogen-bond donors (Lipinski definition) is 1. The maximum atomic E-state index is 13.5. The summed E-state index contributed by atoms with van der Waals surface area (Å²) in [5.74, 6) is -1.36. The molecule has 1 N–H and O–H groups in total. The zero-order valence-electron chi connectivity index (χ0n) is 15.5. The number of aryl methyl sites for hydroxylation is 1. The minimum Gasteiger partial charge on any atom is -0.494 e. The summed E-state index contributed by atoms with van der Waals surface area (Å²) in [7, 11) is 0. The minimum atomic E-state index is -0.929. The number of rotatable bonds is 7. The van der Waals surface area contributed by atoms with E-state index in [0.29, 0.717) is 23.5 Å². The van der Waals surface area contributed by atoms with E-state index in [1.54, 1.807) is 37.3 Å². The second kappa shape index (κ2) is 9.88. The maximum Gasteiger partial charge on any atom is 0.349 e. The molecule has 0 fully saturated rings. The largest absolute Gasteiger partial charge is 0.494 e. The Balaban J connectivity index is 1.94. The van der Waals surface area contributed by atoms with Gasteiger partial charge in [0.1, 0.15) is 23.2 Å². The molecule has 0 saturated heterocycles. The first-order chi connectivity index (χ1) is 13.4. The molecule has 2 aromatic carbocycles. The lowest BCUT2D eigenvalue weighted by atomic mass is 10.1. The van der Waals surface area contributed by atoms with E-state index in [2.05, 4.69) is 5.32 Å². The Morgan fingerprint density at radius 3 is 2.54 bits per heavy atom. The molecule has 2 rings (SSSR count). The molecule has 6 nitrogen and oxygen atoms in total. The summed E-state index contributed by atoms with van der Waals surface area (Å²) in [6, 6.07) is 12.8. The number of amides is 1. The van der Waals surface area contributed by atoms with Gasteiger partial charge in [-0.2, -0.15) is 5.26 Å². The van der Waals surface area contributed by atoms with Gasteiger partial charge in [-0.25, -0.2) is 9.18 Å². The average Bonchev–Trinajstić information content (AvgIpc) is 2.68. The molecule has 0 bridgehead atoms. The van der Waals surface area contributed by atoms with Gasteiger partial charge in [0.25, 0.3) is 5.91 Å². The zero-order chi connectivity index (χ0) is 20.5. The second-order valence-electron chi connectivity index (χ2n) is 5.76. The molecule has 0 aliphatic heterocycles. The van der Waals surface area contributed by atoms with Crippen molar-refractivity contribution in [1.82, 2.24) is 0 Å². The summed E-state index contributed by atoms with van der Waals surface area (Å²) < 4.78 is 23.7. The third-order valence-electron chi connectivity index (χ3n) is 3.63. The summed E-state index contributed by atoms with van der Waals surface area (Å²) >= 11 is 0. The molecule has 0 heterocycles. The predicted octanol–water partition coefficient (Wildman–Crippen LogP) is 3.62. The average molecular weight is 382 g/mol. The molecule has 0 radical (unpaired) electrons. The Morgan fingerprint density at radius 2 is 1.93 bits per heavy atom.